The van der Waals surface area contributed by atoms with Crippen LogP contribution in [-0.2, 0) is 4.79 Å². The number of unbranched alkanes of at least 4 members (excludes halogenated alkanes) is 2. The number of hydrogen-bond acceptors (Lipinski definition) is 6. The number of para-hydroxylation sites is 1. The third-order valence-corrected chi connectivity index (χ3v) is 7.08. The molecule has 2 aliphatic heterocycles. The van der Waals surface area contributed by atoms with Gasteiger partial charge in [0.15, 0.2) is 15.6 Å². The number of furan rings is 1. The summed E-state index contributed by atoms with van der Waals surface area (Å²) < 4.78 is 7.19. The van der Waals surface area contributed by atoms with Gasteiger partial charge in [-0.05, 0) is 50.4 Å². The van der Waals surface area contributed by atoms with Crippen molar-refractivity contribution < 1.29 is 9.21 Å². The zero-order chi connectivity index (χ0) is 19.7. The third-order valence-electron chi connectivity index (χ3n) is 4.42. The van der Waals surface area contributed by atoms with Crippen LogP contribution < -0.4 is 15.9 Å². The van der Waals surface area contributed by atoms with E-state index in [9.17, 15) is 4.79 Å². The molecule has 1 aromatic heterocycles. The molecular formula is C19H18Br2N4O2S. The first-order chi connectivity index (χ1) is 13.6. The number of carbonyl (C=O) groups excluding carboxylic acids is 1. The van der Waals surface area contributed by atoms with Crippen LogP contribution in [0.15, 0.2) is 54.0 Å². The Bertz CT molecular complexity index is 1050. The Morgan fingerprint density at radius 1 is 1.29 bits per heavy atom. The lowest BCUT2D eigenvalue weighted by atomic mass is 10.1. The number of amidine groups is 1. The van der Waals surface area contributed by atoms with Crippen molar-refractivity contribution in [3.63, 3.8) is 0 Å². The van der Waals surface area contributed by atoms with E-state index in [0.717, 1.165) is 40.1 Å². The van der Waals surface area contributed by atoms with Gasteiger partial charge >= 0.3 is 0 Å². The van der Waals surface area contributed by atoms with E-state index in [1.165, 1.54) is 0 Å². The van der Waals surface area contributed by atoms with E-state index < -0.39 is 6.17 Å². The van der Waals surface area contributed by atoms with Gasteiger partial charge in [-0.3, -0.25) is 10.1 Å². The smallest absolute Gasteiger partial charge is 0.276 e. The second-order valence-electron chi connectivity index (χ2n) is 6.40. The molecule has 9 heteroatoms. The summed E-state index contributed by atoms with van der Waals surface area (Å²) in [5.41, 5.74) is 0.483. The molecule has 4 rings (SSSR count). The van der Waals surface area contributed by atoms with Crippen molar-refractivity contribution in [1.82, 2.24) is 10.3 Å². The molecule has 0 aliphatic carbocycles. The number of hydrogen-bond donors (Lipinski definition) is 1. The van der Waals surface area contributed by atoms with Crippen LogP contribution in [0.1, 0.15) is 38.1 Å². The highest BCUT2D eigenvalue weighted by molar-refractivity contribution is 9.13. The topological polar surface area (TPSA) is 70.2 Å². The Kier molecular flexibility index (Phi) is 5.93. The maximum atomic E-state index is 13.0. The van der Waals surface area contributed by atoms with Gasteiger partial charge in [-0.15, -0.1) is 5.10 Å². The molecule has 3 heterocycles. The van der Waals surface area contributed by atoms with E-state index in [1.807, 2.05) is 30.3 Å². The Hall–Kier alpha value is -1.58. The molecule has 1 amide bonds. The second-order valence-corrected chi connectivity index (χ2v) is 9.06. The number of fused-ring (bicyclic) bond motifs is 2. The number of nitrogens with zero attached hydrogens (tertiary/aromatic N) is 3. The van der Waals surface area contributed by atoms with Crippen LogP contribution in [0.2, 0.25) is 0 Å². The van der Waals surface area contributed by atoms with Crippen LogP contribution in [0.4, 0.5) is 0 Å². The van der Waals surface area contributed by atoms with Crippen LogP contribution in [0, 0.1) is 0 Å². The van der Waals surface area contributed by atoms with Crippen LogP contribution in [-0.4, -0.2) is 21.8 Å². The minimum atomic E-state index is -0.551. The highest BCUT2D eigenvalue weighted by atomic mass is 79.9. The molecule has 2 aliphatic rings. The van der Waals surface area contributed by atoms with Gasteiger partial charge < -0.3 is 4.42 Å². The van der Waals surface area contributed by atoms with Crippen molar-refractivity contribution in [3.8, 4) is 0 Å². The molecule has 1 N–H and O–H groups in total. The van der Waals surface area contributed by atoms with E-state index >= 15 is 0 Å². The zero-order valence-corrected chi connectivity index (χ0v) is 19.1. The Morgan fingerprint density at radius 3 is 2.86 bits per heavy atom. The first kappa shape index (κ1) is 19.7. The average molecular weight is 526 g/mol. The van der Waals surface area contributed by atoms with Crippen LogP contribution in [0.5, 0.6) is 0 Å². The molecule has 0 fully saturated rings. The van der Waals surface area contributed by atoms with Gasteiger partial charge in [-0.2, -0.15) is 0 Å². The lowest BCUT2D eigenvalue weighted by molar-refractivity contribution is -0.116. The van der Waals surface area contributed by atoms with Crippen molar-refractivity contribution in [2.45, 2.75) is 32.4 Å². The number of amides is 1. The summed E-state index contributed by atoms with van der Waals surface area (Å²) in [6.45, 7) is 2.17. The van der Waals surface area contributed by atoms with Gasteiger partial charge in [0, 0.05) is 11.0 Å². The number of benzene rings is 1. The first-order valence-corrected chi connectivity index (χ1v) is 11.6. The van der Waals surface area contributed by atoms with Gasteiger partial charge in [0.2, 0.25) is 6.17 Å². The SMILES string of the molecule is CCCCCSC1=NN2C(=c3ccccc3=NC2c2cc(Br)c(Br)o2)C(=O)N1. The normalized spacial score (nSPS) is 18.2. The molecule has 2 aromatic rings. The summed E-state index contributed by atoms with van der Waals surface area (Å²) in [4.78, 5) is 17.8. The minimum absolute atomic E-state index is 0.176. The summed E-state index contributed by atoms with van der Waals surface area (Å²) in [5, 5.41) is 11.4. The Labute approximate surface area is 183 Å². The van der Waals surface area contributed by atoms with E-state index in [0.29, 0.717) is 21.3 Å². The summed E-state index contributed by atoms with van der Waals surface area (Å²) in [7, 11) is 0. The van der Waals surface area contributed by atoms with Gasteiger partial charge in [-0.25, -0.2) is 10.0 Å². The van der Waals surface area contributed by atoms with Crippen LogP contribution >= 0.6 is 43.6 Å². The zero-order valence-electron chi connectivity index (χ0n) is 15.1. The van der Waals surface area contributed by atoms with E-state index in [1.54, 1.807) is 16.8 Å². The lowest BCUT2D eigenvalue weighted by Gasteiger charge is -2.32. The monoisotopic (exact) mass is 524 g/mol. The number of hydrazone groups is 1. The maximum absolute atomic E-state index is 13.0. The second kappa shape index (κ2) is 8.42. The number of carbonyl (C=O) groups is 1. The molecule has 1 aromatic carbocycles. The molecule has 0 radical (unpaired) electrons. The Morgan fingerprint density at radius 2 is 2.11 bits per heavy atom. The van der Waals surface area contributed by atoms with Gasteiger partial charge in [0.25, 0.3) is 5.91 Å². The highest BCUT2D eigenvalue weighted by Crippen LogP contribution is 2.36. The maximum Gasteiger partial charge on any atom is 0.276 e. The molecule has 0 bridgehead atoms. The molecular weight excluding hydrogens is 508 g/mol. The van der Waals surface area contributed by atoms with Crippen molar-refractivity contribution in [2.24, 2.45) is 10.1 Å². The first-order valence-electron chi connectivity index (χ1n) is 9.02. The van der Waals surface area contributed by atoms with Crippen molar-refractivity contribution in [2.75, 3.05) is 5.75 Å². The summed E-state index contributed by atoms with van der Waals surface area (Å²) >= 11 is 8.38. The summed E-state index contributed by atoms with van der Waals surface area (Å²) in [6, 6.07) is 9.43. The molecule has 0 saturated heterocycles. The highest BCUT2D eigenvalue weighted by Gasteiger charge is 2.36. The molecule has 1 atom stereocenters. The lowest BCUT2D eigenvalue weighted by Crippen LogP contribution is -2.50. The number of nitrogens with one attached hydrogen (secondary N) is 1. The molecule has 6 nitrogen and oxygen atoms in total. The third kappa shape index (κ3) is 3.79. The fourth-order valence-electron chi connectivity index (χ4n) is 3.09. The fourth-order valence-corrected chi connectivity index (χ4v) is 4.55. The van der Waals surface area contributed by atoms with Gasteiger partial charge in [0.1, 0.15) is 5.70 Å². The van der Waals surface area contributed by atoms with E-state index in [2.05, 4.69) is 44.1 Å². The number of halogens is 2. The van der Waals surface area contributed by atoms with E-state index in [-0.39, 0.29) is 5.91 Å². The van der Waals surface area contributed by atoms with Crippen molar-refractivity contribution in [3.05, 3.63) is 55.8 Å². The largest absolute Gasteiger partial charge is 0.449 e. The predicted octanol–water partition coefficient (Wildman–Crippen LogP) is 3.87. The Balaban J connectivity index is 1.77. The molecule has 1 unspecified atom stereocenters. The number of thioether (sulfide) groups is 1. The number of rotatable bonds is 5. The van der Waals surface area contributed by atoms with Gasteiger partial charge in [0.05, 0.1) is 9.83 Å². The van der Waals surface area contributed by atoms with Crippen LogP contribution in [0.3, 0.4) is 0 Å². The molecule has 0 saturated carbocycles. The average Bonchev–Trinajstić information content (AvgIpc) is 3.02. The quantitative estimate of drug-likeness (QED) is 0.601. The predicted molar refractivity (Wildman–Crippen MR) is 117 cm³/mol. The summed E-state index contributed by atoms with van der Waals surface area (Å²) in [6.07, 6.45) is 2.85. The van der Waals surface area contributed by atoms with Crippen LogP contribution in [0.25, 0.3) is 5.70 Å². The summed E-state index contributed by atoms with van der Waals surface area (Å²) in [5.74, 6) is 1.33. The fraction of sp³-hybridized carbons (Fsp3) is 0.316. The van der Waals surface area contributed by atoms with E-state index in [4.69, 9.17) is 14.5 Å². The minimum Gasteiger partial charge on any atom is -0.449 e. The van der Waals surface area contributed by atoms with Crippen molar-refractivity contribution >= 4 is 60.4 Å². The van der Waals surface area contributed by atoms with Crippen molar-refractivity contribution in [1.29, 1.82) is 0 Å². The standard InChI is InChI=1S/C19H18Br2N4O2S/c1-2-3-6-9-28-19-23-18(26)15-11-7-4-5-8-13(11)22-17(25(15)24-19)14-10-12(20)16(21)27-14/h4-5,7-8,10,17H,2-3,6,9H2,1H3,(H,23,24,26). The molecule has 146 valence electrons. The van der Waals surface area contributed by atoms with Gasteiger partial charge in [-0.1, -0.05) is 49.7 Å². The molecule has 28 heavy (non-hydrogen) atoms. The molecule has 0 spiro atoms.